The Balaban J connectivity index is 1.80. The van der Waals surface area contributed by atoms with Crippen molar-refractivity contribution in [3.05, 3.63) is 29.8 Å². The summed E-state index contributed by atoms with van der Waals surface area (Å²) in [5.41, 5.74) is 4.27. The molecule has 2 amide bonds. The number of sulfone groups is 1. The molecule has 1 aromatic rings. The van der Waals surface area contributed by atoms with Crippen LogP contribution in [-0.4, -0.2) is 38.1 Å². The third kappa shape index (κ3) is 6.25. The van der Waals surface area contributed by atoms with Crippen molar-refractivity contribution in [2.75, 3.05) is 11.5 Å². The molecule has 0 saturated carbocycles. The van der Waals surface area contributed by atoms with Gasteiger partial charge < -0.3 is 4.74 Å². The SMILES string of the molecule is O=C(C[C@@H]1CCS(=O)(=O)C1)NNC(=O)c1ccc(OC(F)(F)F)cc1. The van der Waals surface area contributed by atoms with E-state index in [0.29, 0.717) is 6.42 Å². The zero-order valence-corrected chi connectivity index (χ0v) is 13.6. The number of nitrogens with one attached hydrogen (secondary N) is 2. The maximum absolute atomic E-state index is 12.0. The second kappa shape index (κ2) is 7.30. The molecule has 0 aliphatic carbocycles. The van der Waals surface area contributed by atoms with Crippen molar-refractivity contribution < 1.29 is 35.9 Å². The van der Waals surface area contributed by atoms with Gasteiger partial charge in [0.25, 0.3) is 5.91 Å². The molecule has 0 unspecified atom stereocenters. The van der Waals surface area contributed by atoms with E-state index >= 15 is 0 Å². The van der Waals surface area contributed by atoms with Crippen LogP contribution >= 0.6 is 0 Å². The van der Waals surface area contributed by atoms with E-state index < -0.39 is 33.8 Å². The van der Waals surface area contributed by atoms with E-state index in [1.54, 1.807) is 0 Å². The quantitative estimate of drug-likeness (QED) is 0.764. The van der Waals surface area contributed by atoms with Crippen LogP contribution in [0.1, 0.15) is 23.2 Å². The Bertz CT molecular complexity index is 747. The van der Waals surface area contributed by atoms with Crippen LogP contribution in [0.25, 0.3) is 0 Å². The van der Waals surface area contributed by atoms with Crippen LogP contribution in [0, 0.1) is 5.92 Å². The molecule has 1 saturated heterocycles. The Kier molecular flexibility index (Phi) is 5.55. The molecule has 0 bridgehead atoms. The van der Waals surface area contributed by atoms with Gasteiger partial charge in [-0.25, -0.2) is 8.42 Å². The summed E-state index contributed by atoms with van der Waals surface area (Å²) in [6.07, 6.45) is -4.48. The van der Waals surface area contributed by atoms with Crippen molar-refractivity contribution in [3.8, 4) is 5.75 Å². The molecule has 1 aliphatic rings. The van der Waals surface area contributed by atoms with Gasteiger partial charge in [-0.2, -0.15) is 0 Å². The summed E-state index contributed by atoms with van der Waals surface area (Å²) in [6.45, 7) is 0. The van der Waals surface area contributed by atoms with E-state index in [4.69, 9.17) is 0 Å². The highest BCUT2D eigenvalue weighted by molar-refractivity contribution is 7.91. The van der Waals surface area contributed by atoms with Gasteiger partial charge in [0.1, 0.15) is 5.75 Å². The molecule has 1 aromatic carbocycles. The second-order valence-electron chi connectivity index (χ2n) is 5.55. The fourth-order valence-corrected chi connectivity index (χ4v) is 4.21. The van der Waals surface area contributed by atoms with Crippen LogP contribution in [0.3, 0.4) is 0 Å². The number of alkyl halides is 3. The molecule has 1 atom stereocenters. The monoisotopic (exact) mass is 380 g/mol. The average Bonchev–Trinajstić information content (AvgIpc) is 2.82. The highest BCUT2D eigenvalue weighted by Gasteiger charge is 2.31. The zero-order valence-electron chi connectivity index (χ0n) is 12.8. The smallest absolute Gasteiger partial charge is 0.406 e. The molecular formula is C14H15F3N2O5S. The predicted molar refractivity (Wildman–Crippen MR) is 80.1 cm³/mol. The summed E-state index contributed by atoms with van der Waals surface area (Å²) >= 11 is 0. The van der Waals surface area contributed by atoms with Crippen LogP contribution in [-0.2, 0) is 14.6 Å². The number of amides is 2. The molecule has 138 valence electrons. The molecule has 2 N–H and O–H groups in total. The molecule has 1 heterocycles. The summed E-state index contributed by atoms with van der Waals surface area (Å²) in [4.78, 5) is 23.5. The summed E-state index contributed by atoms with van der Waals surface area (Å²) in [5.74, 6) is -2.06. The van der Waals surface area contributed by atoms with Crippen LogP contribution in [0.15, 0.2) is 24.3 Å². The van der Waals surface area contributed by atoms with Crippen molar-refractivity contribution in [1.29, 1.82) is 0 Å². The van der Waals surface area contributed by atoms with E-state index in [0.717, 1.165) is 24.3 Å². The highest BCUT2D eigenvalue weighted by atomic mass is 32.2. The molecule has 1 fully saturated rings. The van der Waals surface area contributed by atoms with E-state index in [2.05, 4.69) is 15.6 Å². The second-order valence-corrected chi connectivity index (χ2v) is 7.78. The predicted octanol–water partition coefficient (Wildman–Crippen LogP) is 1.17. The summed E-state index contributed by atoms with van der Waals surface area (Å²) in [7, 11) is -3.09. The Labute approximate surface area is 141 Å². The maximum atomic E-state index is 12.0. The van der Waals surface area contributed by atoms with Gasteiger partial charge in [0.05, 0.1) is 11.5 Å². The molecule has 0 radical (unpaired) electrons. The van der Waals surface area contributed by atoms with Crippen LogP contribution in [0.2, 0.25) is 0 Å². The Morgan fingerprint density at radius 2 is 1.80 bits per heavy atom. The number of halogens is 3. The minimum atomic E-state index is -4.83. The molecule has 25 heavy (non-hydrogen) atoms. The Morgan fingerprint density at radius 1 is 1.16 bits per heavy atom. The number of ether oxygens (including phenoxy) is 1. The third-order valence-corrected chi connectivity index (χ3v) is 5.30. The lowest BCUT2D eigenvalue weighted by Crippen LogP contribution is -2.42. The lowest BCUT2D eigenvalue weighted by molar-refractivity contribution is -0.274. The first-order valence-corrected chi connectivity index (χ1v) is 9.02. The average molecular weight is 380 g/mol. The minimum Gasteiger partial charge on any atom is -0.406 e. The van der Waals surface area contributed by atoms with E-state index in [9.17, 15) is 31.2 Å². The topological polar surface area (TPSA) is 102 Å². The van der Waals surface area contributed by atoms with Gasteiger partial charge in [0, 0.05) is 12.0 Å². The number of benzene rings is 1. The van der Waals surface area contributed by atoms with E-state index in [1.807, 2.05) is 0 Å². The lowest BCUT2D eigenvalue weighted by Gasteiger charge is -2.11. The van der Waals surface area contributed by atoms with Crippen LogP contribution in [0.5, 0.6) is 5.75 Å². The van der Waals surface area contributed by atoms with E-state index in [1.165, 1.54) is 0 Å². The van der Waals surface area contributed by atoms with Crippen LogP contribution in [0.4, 0.5) is 13.2 Å². The van der Waals surface area contributed by atoms with Gasteiger partial charge in [-0.15, -0.1) is 13.2 Å². The van der Waals surface area contributed by atoms with Gasteiger partial charge in [0.2, 0.25) is 5.91 Å². The number of carbonyl (C=O) groups excluding carboxylic acids is 2. The summed E-state index contributed by atoms with van der Waals surface area (Å²) in [6, 6.07) is 4.14. The minimum absolute atomic E-state index is 0.0123. The van der Waals surface area contributed by atoms with Crippen molar-refractivity contribution in [2.24, 2.45) is 5.92 Å². The molecule has 1 aliphatic heterocycles. The summed E-state index contributed by atoms with van der Waals surface area (Å²) in [5, 5.41) is 0. The highest BCUT2D eigenvalue weighted by Crippen LogP contribution is 2.23. The van der Waals surface area contributed by atoms with Crippen LogP contribution < -0.4 is 15.6 Å². The number of carbonyl (C=O) groups is 2. The zero-order chi connectivity index (χ0) is 18.7. The first kappa shape index (κ1) is 19.0. The normalized spacial score (nSPS) is 19.2. The fourth-order valence-electron chi connectivity index (χ4n) is 2.35. The van der Waals surface area contributed by atoms with Crippen molar-refractivity contribution >= 4 is 21.7 Å². The third-order valence-electron chi connectivity index (χ3n) is 3.47. The number of hydrazine groups is 1. The van der Waals surface area contributed by atoms with Gasteiger partial charge in [-0.3, -0.25) is 20.4 Å². The fraction of sp³-hybridized carbons (Fsp3) is 0.429. The van der Waals surface area contributed by atoms with Crippen molar-refractivity contribution in [1.82, 2.24) is 10.9 Å². The van der Waals surface area contributed by atoms with Crippen molar-refractivity contribution in [2.45, 2.75) is 19.2 Å². The summed E-state index contributed by atoms with van der Waals surface area (Å²) < 4.78 is 62.4. The van der Waals surface area contributed by atoms with Gasteiger partial charge >= 0.3 is 6.36 Å². The largest absolute Gasteiger partial charge is 0.573 e. The molecule has 0 spiro atoms. The first-order valence-electron chi connectivity index (χ1n) is 7.19. The Morgan fingerprint density at radius 3 is 2.32 bits per heavy atom. The number of hydrogen-bond donors (Lipinski definition) is 2. The Hall–Kier alpha value is -2.30. The molecule has 0 aromatic heterocycles. The maximum Gasteiger partial charge on any atom is 0.573 e. The van der Waals surface area contributed by atoms with E-state index in [-0.39, 0.29) is 29.4 Å². The molecular weight excluding hydrogens is 365 g/mol. The first-order chi connectivity index (χ1) is 11.5. The molecule has 7 nitrogen and oxygen atoms in total. The molecule has 11 heteroatoms. The molecule has 2 rings (SSSR count). The van der Waals surface area contributed by atoms with Gasteiger partial charge in [-0.05, 0) is 36.6 Å². The van der Waals surface area contributed by atoms with Gasteiger partial charge in [0.15, 0.2) is 9.84 Å². The standard InChI is InChI=1S/C14H15F3N2O5S/c15-14(16,17)24-11-3-1-10(2-4-11)13(21)19-18-12(20)7-9-5-6-25(22,23)8-9/h1-4,9H,5-8H2,(H,18,20)(H,19,21)/t9-/m0/s1. The number of rotatable bonds is 4. The van der Waals surface area contributed by atoms with Gasteiger partial charge in [-0.1, -0.05) is 0 Å². The van der Waals surface area contributed by atoms with Crippen molar-refractivity contribution in [3.63, 3.8) is 0 Å². The number of hydrogen-bond acceptors (Lipinski definition) is 5. The lowest BCUT2D eigenvalue weighted by atomic mass is 10.1.